The number of nitrogens with zero attached hydrogens (tertiary/aromatic N) is 2. The average Bonchev–Trinajstić information content (AvgIpc) is 2.72. The third kappa shape index (κ3) is 2.76. The molecule has 1 unspecified atom stereocenters. The van der Waals surface area contributed by atoms with Gasteiger partial charge in [0.1, 0.15) is 18.2 Å². The van der Waals surface area contributed by atoms with Gasteiger partial charge < -0.3 is 10.6 Å². The zero-order valence-electron chi connectivity index (χ0n) is 12.3. The van der Waals surface area contributed by atoms with Gasteiger partial charge in [-0.1, -0.05) is 19.1 Å². The van der Waals surface area contributed by atoms with Gasteiger partial charge in [-0.2, -0.15) is 5.26 Å². The minimum Gasteiger partial charge on any atom is -0.323 e. The molecule has 0 bridgehead atoms. The van der Waals surface area contributed by atoms with Crippen LogP contribution in [0.5, 0.6) is 0 Å². The molecule has 1 aliphatic rings. The summed E-state index contributed by atoms with van der Waals surface area (Å²) in [7, 11) is 0. The fourth-order valence-corrected chi connectivity index (χ4v) is 2.15. The second-order valence-corrected chi connectivity index (χ2v) is 5.21. The topological polar surface area (TPSA) is 102 Å². The Morgan fingerprint density at radius 3 is 2.68 bits per heavy atom. The van der Waals surface area contributed by atoms with Gasteiger partial charge in [0, 0.05) is 0 Å². The number of carbonyl (C=O) groups excluding carboxylic acids is 3. The number of amides is 4. The molecule has 1 aromatic carbocycles. The van der Waals surface area contributed by atoms with Crippen molar-refractivity contribution in [3.8, 4) is 6.07 Å². The van der Waals surface area contributed by atoms with E-state index < -0.39 is 23.4 Å². The van der Waals surface area contributed by atoms with Crippen LogP contribution in [0.25, 0.3) is 0 Å². The molecule has 0 saturated carbocycles. The number of anilines is 1. The Morgan fingerprint density at radius 1 is 1.41 bits per heavy atom. The lowest BCUT2D eigenvalue weighted by molar-refractivity contribution is -0.133. The van der Waals surface area contributed by atoms with Crippen molar-refractivity contribution in [2.45, 2.75) is 25.8 Å². The molecule has 1 atom stereocenters. The number of para-hydroxylation sites is 1. The molecule has 7 nitrogen and oxygen atoms in total. The highest BCUT2D eigenvalue weighted by Crippen LogP contribution is 2.21. The second kappa shape index (κ2) is 5.85. The van der Waals surface area contributed by atoms with Crippen molar-refractivity contribution in [3.05, 3.63) is 29.8 Å². The average molecular weight is 300 g/mol. The number of nitrogens with one attached hydrogen (secondary N) is 2. The molecule has 7 heteroatoms. The first-order chi connectivity index (χ1) is 10.4. The molecule has 1 fully saturated rings. The Kier molecular flexibility index (Phi) is 4.13. The Balaban J connectivity index is 2.09. The summed E-state index contributed by atoms with van der Waals surface area (Å²) >= 11 is 0. The fourth-order valence-electron chi connectivity index (χ4n) is 2.15. The van der Waals surface area contributed by atoms with Gasteiger partial charge in [-0.05, 0) is 25.5 Å². The summed E-state index contributed by atoms with van der Waals surface area (Å²) in [5.41, 5.74) is -0.311. The lowest BCUT2D eigenvalue weighted by Crippen LogP contribution is -2.44. The molecule has 2 N–H and O–H groups in total. The first kappa shape index (κ1) is 15.5. The summed E-state index contributed by atoms with van der Waals surface area (Å²) in [5, 5.41) is 14.1. The molecule has 2 rings (SSSR count). The highest BCUT2D eigenvalue weighted by Gasteiger charge is 2.46. The standard InChI is InChI=1S/C15H16N4O3/c1-3-15(2)13(21)19(14(22)18-15)9-12(20)17-11-7-5-4-6-10(11)8-16/h4-7H,3,9H2,1-2H3,(H,17,20)(H,18,22). The number of rotatable bonds is 4. The van der Waals surface area contributed by atoms with Crippen LogP contribution in [0.15, 0.2) is 24.3 Å². The number of benzene rings is 1. The quantitative estimate of drug-likeness (QED) is 0.816. The maximum atomic E-state index is 12.2. The Bertz CT molecular complexity index is 680. The molecule has 22 heavy (non-hydrogen) atoms. The molecule has 4 amide bonds. The lowest BCUT2D eigenvalue weighted by Gasteiger charge is -2.19. The van der Waals surface area contributed by atoms with Gasteiger partial charge in [0.25, 0.3) is 5.91 Å². The van der Waals surface area contributed by atoms with E-state index in [9.17, 15) is 14.4 Å². The zero-order valence-corrected chi connectivity index (χ0v) is 12.3. The van der Waals surface area contributed by atoms with Crippen molar-refractivity contribution >= 4 is 23.5 Å². The van der Waals surface area contributed by atoms with Gasteiger partial charge in [-0.15, -0.1) is 0 Å². The maximum Gasteiger partial charge on any atom is 0.325 e. The van der Waals surface area contributed by atoms with Gasteiger partial charge in [-0.25, -0.2) is 4.79 Å². The molecule has 1 heterocycles. The highest BCUT2D eigenvalue weighted by molar-refractivity contribution is 6.10. The van der Waals surface area contributed by atoms with Crippen molar-refractivity contribution in [2.75, 3.05) is 11.9 Å². The molecule has 1 aromatic rings. The molecular weight excluding hydrogens is 284 g/mol. The first-order valence-electron chi connectivity index (χ1n) is 6.84. The van der Waals surface area contributed by atoms with E-state index in [1.165, 1.54) is 0 Å². The van der Waals surface area contributed by atoms with Gasteiger partial charge in [0.05, 0.1) is 11.3 Å². The number of hydrogen-bond donors (Lipinski definition) is 2. The summed E-state index contributed by atoms with van der Waals surface area (Å²) in [6, 6.07) is 7.88. The summed E-state index contributed by atoms with van der Waals surface area (Å²) in [4.78, 5) is 36.9. The van der Waals surface area contributed by atoms with E-state index >= 15 is 0 Å². The first-order valence-corrected chi connectivity index (χ1v) is 6.84. The molecule has 0 spiro atoms. The van der Waals surface area contributed by atoms with Crippen molar-refractivity contribution in [1.29, 1.82) is 5.26 Å². The van der Waals surface area contributed by atoms with Gasteiger partial charge in [0.2, 0.25) is 5.91 Å². The zero-order chi connectivity index (χ0) is 16.3. The number of carbonyl (C=O) groups is 3. The van der Waals surface area contributed by atoms with E-state index in [-0.39, 0.29) is 6.54 Å². The van der Waals surface area contributed by atoms with Crippen LogP contribution in [0.2, 0.25) is 0 Å². The molecule has 0 aromatic heterocycles. The third-order valence-corrected chi connectivity index (χ3v) is 3.68. The monoisotopic (exact) mass is 300 g/mol. The van der Waals surface area contributed by atoms with Gasteiger partial charge in [-0.3, -0.25) is 14.5 Å². The third-order valence-electron chi connectivity index (χ3n) is 3.68. The predicted octanol–water partition coefficient (Wildman–Crippen LogP) is 1.22. The molecule has 114 valence electrons. The number of urea groups is 1. The van der Waals surface area contributed by atoms with Crippen LogP contribution in [-0.4, -0.2) is 34.8 Å². The maximum absolute atomic E-state index is 12.2. The van der Waals surface area contributed by atoms with Crippen LogP contribution in [0.4, 0.5) is 10.5 Å². The van der Waals surface area contributed by atoms with Crippen LogP contribution in [0.1, 0.15) is 25.8 Å². The normalized spacial score (nSPS) is 20.5. The van der Waals surface area contributed by atoms with Crippen molar-refractivity contribution in [2.24, 2.45) is 0 Å². The molecular formula is C15H16N4O3. The van der Waals surface area contributed by atoms with E-state index in [0.29, 0.717) is 17.7 Å². The second-order valence-electron chi connectivity index (χ2n) is 5.21. The van der Waals surface area contributed by atoms with Crippen molar-refractivity contribution in [1.82, 2.24) is 10.2 Å². The van der Waals surface area contributed by atoms with Crippen LogP contribution in [0.3, 0.4) is 0 Å². The number of imide groups is 1. The molecule has 1 saturated heterocycles. The van der Waals surface area contributed by atoms with Crippen LogP contribution >= 0.6 is 0 Å². The van der Waals surface area contributed by atoms with E-state index in [0.717, 1.165) is 4.90 Å². The Hall–Kier alpha value is -2.88. The lowest BCUT2D eigenvalue weighted by atomic mass is 9.99. The fraction of sp³-hybridized carbons (Fsp3) is 0.333. The SMILES string of the molecule is CCC1(C)NC(=O)N(CC(=O)Nc2ccccc2C#N)C1=O. The highest BCUT2D eigenvalue weighted by atomic mass is 16.2. The summed E-state index contributed by atoms with van der Waals surface area (Å²) in [5.74, 6) is -0.963. The van der Waals surface area contributed by atoms with Gasteiger partial charge in [0.15, 0.2) is 0 Å². The Morgan fingerprint density at radius 2 is 2.09 bits per heavy atom. The largest absolute Gasteiger partial charge is 0.325 e. The van der Waals surface area contributed by atoms with E-state index in [4.69, 9.17) is 5.26 Å². The van der Waals surface area contributed by atoms with E-state index in [1.54, 1.807) is 38.1 Å². The summed E-state index contributed by atoms with van der Waals surface area (Å²) in [6.07, 6.45) is 0.437. The predicted molar refractivity (Wildman–Crippen MR) is 78.7 cm³/mol. The van der Waals surface area contributed by atoms with E-state index in [2.05, 4.69) is 10.6 Å². The minimum atomic E-state index is -0.970. The minimum absolute atomic E-state index is 0.312. The van der Waals surface area contributed by atoms with Crippen LogP contribution < -0.4 is 10.6 Å². The number of hydrogen-bond acceptors (Lipinski definition) is 4. The number of nitriles is 1. The van der Waals surface area contributed by atoms with Gasteiger partial charge >= 0.3 is 6.03 Å². The van der Waals surface area contributed by atoms with Crippen LogP contribution in [0, 0.1) is 11.3 Å². The summed E-state index contributed by atoms with van der Waals surface area (Å²) < 4.78 is 0. The summed E-state index contributed by atoms with van der Waals surface area (Å²) in [6.45, 7) is 3.01. The van der Waals surface area contributed by atoms with Crippen molar-refractivity contribution in [3.63, 3.8) is 0 Å². The van der Waals surface area contributed by atoms with E-state index in [1.807, 2.05) is 6.07 Å². The molecule has 0 radical (unpaired) electrons. The van der Waals surface area contributed by atoms with Crippen LogP contribution in [-0.2, 0) is 9.59 Å². The smallest absolute Gasteiger partial charge is 0.323 e. The molecule has 0 aliphatic carbocycles. The van der Waals surface area contributed by atoms with Crippen molar-refractivity contribution < 1.29 is 14.4 Å². The molecule has 1 aliphatic heterocycles. The Labute approximate surface area is 127 Å².